The Balaban J connectivity index is 3.32. The molecule has 0 atom stereocenters. The zero-order valence-electron chi connectivity index (χ0n) is 12.2. The zero-order valence-corrected chi connectivity index (χ0v) is 13.0. The quantitative estimate of drug-likeness (QED) is 0.831. The standard InChI is InChI=1S/C15H19N3O2S/c1-13(2)18(12-6-11-17)21(19,20)15-9-4-3-7-14(15)8-5-10-16/h3-4,7,9,13H,6,10,12,16H2,1-2H3. The molecule has 0 spiro atoms. The Morgan fingerprint density at radius 3 is 2.57 bits per heavy atom. The average Bonchev–Trinajstić information content (AvgIpc) is 2.45. The Morgan fingerprint density at radius 1 is 1.33 bits per heavy atom. The van der Waals surface area contributed by atoms with Gasteiger partial charge in [-0.2, -0.15) is 9.57 Å². The van der Waals surface area contributed by atoms with Crippen molar-refractivity contribution in [3.63, 3.8) is 0 Å². The summed E-state index contributed by atoms with van der Waals surface area (Å²) in [5, 5.41) is 8.70. The van der Waals surface area contributed by atoms with Crippen molar-refractivity contribution in [3.05, 3.63) is 29.8 Å². The van der Waals surface area contributed by atoms with Gasteiger partial charge < -0.3 is 5.73 Å². The second kappa shape index (κ2) is 7.80. The summed E-state index contributed by atoms with van der Waals surface area (Å²) in [5.41, 5.74) is 5.76. The van der Waals surface area contributed by atoms with Gasteiger partial charge in [-0.3, -0.25) is 0 Å². The molecule has 1 aromatic rings. The van der Waals surface area contributed by atoms with Crippen molar-refractivity contribution in [2.24, 2.45) is 5.73 Å². The predicted octanol–water partition coefficient (Wildman–Crippen LogP) is 1.31. The number of sulfonamides is 1. The highest BCUT2D eigenvalue weighted by Crippen LogP contribution is 2.21. The van der Waals surface area contributed by atoms with Gasteiger partial charge >= 0.3 is 0 Å². The molecule has 0 amide bonds. The summed E-state index contributed by atoms with van der Waals surface area (Å²) < 4.78 is 26.9. The maximum atomic E-state index is 12.8. The van der Waals surface area contributed by atoms with Gasteiger partial charge in [0.2, 0.25) is 10.0 Å². The van der Waals surface area contributed by atoms with Crippen LogP contribution in [0.25, 0.3) is 0 Å². The Labute approximate surface area is 126 Å². The van der Waals surface area contributed by atoms with Gasteiger partial charge in [0.1, 0.15) is 0 Å². The first-order valence-corrected chi connectivity index (χ1v) is 8.06. The molecular formula is C15H19N3O2S. The normalized spacial score (nSPS) is 11.0. The Morgan fingerprint density at radius 2 is 2.00 bits per heavy atom. The molecular weight excluding hydrogens is 286 g/mol. The minimum absolute atomic E-state index is 0.147. The monoisotopic (exact) mass is 305 g/mol. The summed E-state index contributed by atoms with van der Waals surface area (Å²) in [5.74, 6) is 5.45. The molecule has 0 saturated heterocycles. The molecule has 0 aliphatic heterocycles. The fourth-order valence-corrected chi connectivity index (χ4v) is 3.67. The van der Waals surface area contributed by atoms with Crippen LogP contribution in [0.5, 0.6) is 0 Å². The van der Waals surface area contributed by atoms with E-state index in [0.717, 1.165) is 0 Å². The maximum Gasteiger partial charge on any atom is 0.244 e. The zero-order chi connectivity index (χ0) is 15.9. The number of nitriles is 1. The van der Waals surface area contributed by atoms with Crippen molar-refractivity contribution < 1.29 is 8.42 Å². The van der Waals surface area contributed by atoms with E-state index in [0.29, 0.717) is 5.56 Å². The average molecular weight is 305 g/mol. The van der Waals surface area contributed by atoms with Gasteiger partial charge in [-0.05, 0) is 26.0 Å². The summed E-state index contributed by atoms with van der Waals surface area (Å²) >= 11 is 0. The van der Waals surface area contributed by atoms with Crippen molar-refractivity contribution in [1.29, 1.82) is 5.26 Å². The van der Waals surface area contributed by atoms with Gasteiger partial charge in [-0.1, -0.05) is 24.0 Å². The maximum absolute atomic E-state index is 12.8. The van der Waals surface area contributed by atoms with Crippen LogP contribution >= 0.6 is 0 Å². The minimum atomic E-state index is -3.69. The lowest BCUT2D eigenvalue weighted by atomic mass is 10.2. The van der Waals surface area contributed by atoms with Gasteiger partial charge in [0, 0.05) is 24.6 Å². The van der Waals surface area contributed by atoms with Crippen molar-refractivity contribution in [3.8, 4) is 17.9 Å². The second-order valence-corrected chi connectivity index (χ2v) is 6.48. The fraction of sp³-hybridized carbons (Fsp3) is 0.400. The molecule has 1 rings (SSSR count). The molecule has 0 heterocycles. The molecule has 2 N–H and O–H groups in total. The van der Waals surface area contributed by atoms with Crippen LogP contribution in [0.2, 0.25) is 0 Å². The third-order valence-corrected chi connectivity index (χ3v) is 4.95. The van der Waals surface area contributed by atoms with Crippen LogP contribution in [-0.2, 0) is 10.0 Å². The molecule has 0 aliphatic carbocycles. The van der Waals surface area contributed by atoms with Crippen molar-refractivity contribution in [2.45, 2.75) is 31.2 Å². The number of hydrogen-bond acceptors (Lipinski definition) is 4. The van der Waals surface area contributed by atoms with Crippen LogP contribution in [-0.4, -0.2) is 31.9 Å². The highest BCUT2D eigenvalue weighted by atomic mass is 32.2. The highest BCUT2D eigenvalue weighted by Gasteiger charge is 2.28. The lowest BCUT2D eigenvalue weighted by Crippen LogP contribution is -2.37. The van der Waals surface area contributed by atoms with Crippen molar-refractivity contribution in [2.75, 3.05) is 13.1 Å². The molecule has 0 aliphatic rings. The predicted molar refractivity (Wildman–Crippen MR) is 81.6 cm³/mol. The summed E-state index contributed by atoms with van der Waals surface area (Å²) in [7, 11) is -3.69. The van der Waals surface area contributed by atoms with Gasteiger partial charge in [-0.15, -0.1) is 0 Å². The summed E-state index contributed by atoms with van der Waals surface area (Å²) in [6.45, 7) is 3.89. The number of rotatable bonds is 5. The molecule has 0 aromatic heterocycles. The van der Waals surface area contributed by atoms with Crippen LogP contribution in [0.1, 0.15) is 25.8 Å². The fourth-order valence-electron chi connectivity index (χ4n) is 1.88. The van der Waals surface area contributed by atoms with E-state index in [1.54, 1.807) is 32.0 Å². The number of hydrogen-bond donors (Lipinski definition) is 1. The van der Waals surface area contributed by atoms with Crippen LogP contribution in [0.4, 0.5) is 0 Å². The Bertz CT molecular complexity index is 679. The van der Waals surface area contributed by atoms with Crippen molar-refractivity contribution >= 4 is 10.0 Å². The first-order chi connectivity index (χ1) is 9.95. The van der Waals surface area contributed by atoms with Gasteiger partial charge in [0.15, 0.2) is 0 Å². The van der Waals surface area contributed by atoms with E-state index in [1.807, 2.05) is 6.07 Å². The number of nitrogens with zero attached hydrogens (tertiary/aromatic N) is 2. The molecule has 21 heavy (non-hydrogen) atoms. The van der Waals surface area contributed by atoms with E-state index in [1.165, 1.54) is 10.4 Å². The van der Waals surface area contributed by atoms with Crippen molar-refractivity contribution in [1.82, 2.24) is 4.31 Å². The minimum Gasteiger partial charge on any atom is -0.320 e. The van der Waals surface area contributed by atoms with E-state index in [2.05, 4.69) is 11.8 Å². The molecule has 0 saturated carbocycles. The summed E-state index contributed by atoms with van der Waals surface area (Å²) in [6, 6.07) is 8.30. The molecule has 0 radical (unpaired) electrons. The molecule has 0 unspecified atom stereocenters. The molecule has 6 heteroatoms. The number of nitrogens with two attached hydrogens (primary N) is 1. The van der Waals surface area contributed by atoms with Crippen LogP contribution in [0.15, 0.2) is 29.2 Å². The molecule has 1 aromatic carbocycles. The SMILES string of the molecule is CC(C)N(CCC#N)S(=O)(=O)c1ccccc1C#CCN. The van der Waals surface area contributed by atoms with Crippen LogP contribution in [0.3, 0.4) is 0 Å². The molecule has 112 valence electrons. The van der Waals surface area contributed by atoms with E-state index in [-0.39, 0.29) is 30.4 Å². The van der Waals surface area contributed by atoms with Crippen LogP contribution < -0.4 is 5.73 Å². The molecule has 0 fully saturated rings. The molecule has 0 bridgehead atoms. The van der Waals surface area contributed by atoms with Gasteiger partial charge in [0.05, 0.1) is 17.5 Å². The third-order valence-electron chi connectivity index (χ3n) is 2.82. The largest absolute Gasteiger partial charge is 0.320 e. The Hall–Kier alpha value is -1.86. The number of benzene rings is 1. The van der Waals surface area contributed by atoms with E-state index < -0.39 is 10.0 Å². The third kappa shape index (κ3) is 4.30. The summed E-state index contributed by atoms with van der Waals surface area (Å²) in [4.78, 5) is 0.151. The topological polar surface area (TPSA) is 87.2 Å². The van der Waals surface area contributed by atoms with E-state index in [9.17, 15) is 8.42 Å². The Kier molecular flexibility index (Phi) is 6.39. The highest BCUT2D eigenvalue weighted by molar-refractivity contribution is 7.89. The smallest absolute Gasteiger partial charge is 0.244 e. The molecule has 5 nitrogen and oxygen atoms in total. The lowest BCUT2D eigenvalue weighted by molar-refractivity contribution is 0.360. The summed E-state index contributed by atoms with van der Waals surface area (Å²) in [6.07, 6.45) is 0.147. The first-order valence-electron chi connectivity index (χ1n) is 6.62. The van der Waals surface area contributed by atoms with Gasteiger partial charge in [-0.25, -0.2) is 8.42 Å². The van der Waals surface area contributed by atoms with Crippen LogP contribution in [0, 0.1) is 23.2 Å². The van der Waals surface area contributed by atoms with E-state index >= 15 is 0 Å². The van der Waals surface area contributed by atoms with Gasteiger partial charge in [0.25, 0.3) is 0 Å². The lowest BCUT2D eigenvalue weighted by Gasteiger charge is -2.25. The first kappa shape index (κ1) is 17.2. The second-order valence-electron chi connectivity index (χ2n) is 4.62. The van der Waals surface area contributed by atoms with E-state index in [4.69, 9.17) is 11.0 Å².